The summed E-state index contributed by atoms with van der Waals surface area (Å²) >= 11 is 0. The van der Waals surface area contributed by atoms with Crippen LogP contribution in [0.15, 0.2) is 36.8 Å². The van der Waals surface area contributed by atoms with Crippen LogP contribution in [0.1, 0.15) is 16.1 Å². The van der Waals surface area contributed by atoms with Crippen LogP contribution in [0, 0.1) is 0 Å². The van der Waals surface area contributed by atoms with E-state index in [0.29, 0.717) is 17.9 Å². The van der Waals surface area contributed by atoms with Crippen molar-refractivity contribution in [1.82, 2.24) is 14.5 Å². The Morgan fingerprint density at radius 1 is 1.56 bits per heavy atom. The molecule has 0 radical (unpaired) electrons. The van der Waals surface area contributed by atoms with Crippen molar-refractivity contribution in [2.75, 3.05) is 12.8 Å². The van der Waals surface area contributed by atoms with Crippen LogP contribution in [-0.2, 0) is 13.6 Å². The van der Waals surface area contributed by atoms with E-state index in [2.05, 4.69) is 4.98 Å². The van der Waals surface area contributed by atoms with Crippen molar-refractivity contribution in [3.8, 4) is 0 Å². The topological polar surface area (TPSA) is 64.2 Å². The fourth-order valence-corrected chi connectivity index (χ4v) is 1.84. The maximum atomic E-state index is 12.2. The molecular weight excluding hydrogens is 228 g/mol. The van der Waals surface area contributed by atoms with E-state index in [1.807, 2.05) is 19.2 Å². The molecule has 1 amide bonds. The molecule has 18 heavy (non-hydrogen) atoms. The average molecular weight is 244 g/mol. The highest BCUT2D eigenvalue weighted by molar-refractivity contribution is 5.93. The summed E-state index contributed by atoms with van der Waals surface area (Å²) in [5, 5.41) is 0. The lowest BCUT2D eigenvalue weighted by atomic mass is 10.2. The first-order valence-corrected chi connectivity index (χ1v) is 5.64. The van der Waals surface area contributed by atoms with Crippen molar-refractivity contribution in [2.45, 2.75) is 6.54 Å². The van der Waals surface area contributed by atoms with Crippen molar-refractivity contribution in [3.63, 3.8) is 0 Å². The third kappa shape index (κ3) is 2.51. The summed E-state index contributed by atoms with van der Waals surface area (Å²) in [5.74, 6) is -0.0574. The van der Waals surface area contributed by atoms with Crippen LogP contribution >= 0.6 is 0 Å². The summed E-state index contributed by atoms with van der Waals surface area (Å²) in [6.45, 7) is 0.526. The number of hydrogen-bond donors (Lipinski definition) is 1. The number of anilines is 1. The number of hydrogen-bond acceptors (Lipinski definition) is 3. The first kappa shape index (κ1) is 12.2. The van der Waals surface area contributed by atoms with E-state index in [9.17, 15) is 4.79 Å². The van der Waals surface area contributed by atoms with E-state index in [1.54, 1.807) is 41.2 Å². The molecule has 5 nitrogen and oxygen atoms in total. The highest BCUT2D eigenvalue weighted by Crippen LogP contribution is 2.12. The number of pyridine rings is 1. The van der Waals surface area contributed by atoms with E-state index in [4.69, 9.17) is 5.73 Å². The van der Waals surface area contributed by atoms with Gasteiger partial charge in [-0.2, -0.15) is 0 Å². The SMILES string of the molecule is CN(Cc1cccnc1)C(=O)c1cc(N)cn1C. The monoisotopic (exact) mass is 244 g/mol. The van der Waals surface area contributed by atoms with Gasteiger partial charge in [-0.25, -0.2) is 0 Å². The van der Waals surface area contributed by atoms with Crippen LogP contribution in [-0.4, -0.2) is 27.4 Å². The second-order valence-corrected chi connectivity index (χ2v) is 4.29. The second-order valence-electron chi connectivity index (χ2n) is 4.29. The summed E-state index contributed by atoms with van der Waals surface area (Å²) < 4.78 is 1.73. The molecule has 0 atom stereocenters. The molecule has 0 aliphatic heterocycles. The van der Waals surface area contributed by atoms with Gasteiger partial charge < -0.3 is 15.2 Å². The van der Waals surface area contributed by atoms with E-state index in [1.165, 1.54) is 0 Å². The third-order valence-electron chi connectivity index (χ3n) is 2.73. The molecule has 0 aliphatic carbocycles. The molecule has 2 aromatic heterocycles. The van der Waals surface area contributed by atoms with Gasteiger partial charge in [0.15, 0.2) is 0 Å². The Hall–Kier alpha value is -2.30. The largest absolute Gasteiger partial charge is 0.397 e. The molecule has 0 aromatic carbocycles. The lowest BCUT2D eigenvalue weighted by molar-refractivity contribution is 0.0775. The van der Waals surface area contributed by atoms with E-state index in [-0.39, 0.29) is 5.91 Å². The van der Waals surface area contributed by atoms with E-state index in [0.717, 1.165) is 5.56 Å². The number of aromatic nitrogens is 2. The first-order chi connectivity index (χ1) is 8.58. The predicted octanol–water partition coefficient (Wildman–Crippen LogP) is 1.27. The van der Waals surface area contributed by atoms with Crippen LogP contribution in [0.5, 0.6) is 0 Å². The number of nitrogens with two attached hydrogens (primary N) is 1. The molecule has 2 aromatic rings. The van der Waals surface area contributed by atoms with Gasteiger partial charge in [-0.3, -0.25) is 9.78 Å². The van der Waals surface area contributed by atoms with Crippen molar-refractivity contribution in [2.24, 2.45) is 7.05 Å². The zero-order valence-electron chi connectivity index (χ0n) is 10.5. The van der Waals surface area contributed by atoms with Gasteiger partial charge in [-0.1, -0.05) is 6.07 Å². The Balaban J connectivity index is 2.12. The Bertz CT molecular complexity index is 547. The molecule has 0 aliphatic rings. The van der Waals surface area contributed by atoms with Crippen LogP contribution in [0.25, 0.3) is 0 Å². The minimum atomic E-state index is -0.0574. The molecular formula is C13H16N4O. The molecule has 5 heteroatoms. The Morgan fingerprint density at radius 3 is 2.89 bits per heavy atom. The molecule has 0 saturated heterocycles. The summed E-state index contributed by atoms with van der Waals surface area (Å²) in [6.07, 6.45) is 5.19. The third-order valence-corrected chi connectivity index (χ3v) is 2.73. The molecule has 0 saturated carbocycles. The standard InChI is InChI=1S/C13H16N4O/c1-16-9-11(14)6-12(16)13(18)17(2)8-10-4-3-5-15-7-10/h3-7,9H,8,14H2,1-2H3. The number of aryl methyl sites for hydroxylation is 1. The Labute approximate surface area is 106 Å². The molecule has 2 rings (SSSR count). The van der Waals surface area contributed by atoms with Crippen LogP contribution in [0.2, 0.25) is 0 Å². The zero-order valence-corrected chi connectivity index (χ0v) is 10.5. The molecule has 2 heterocycles. The quantitative estimate of drug-likeness (QED) is 0.884. The number of rotatable bonds is 3. The minimum absolute atomic E-state index is 0.0574. The van der Waals surface area contributed by atoms with Gasteiger partial charge in [0.05, 0.1) is 5.69 Å². The van der Waals surface area contributed by atoms with Gasteiger partial charge in [0.25, 0.3) is 5.91 Å². The van der Waals surface area contributed by atoms with Gasteiger partial charge in [-0.15, -0.1) is 0 Å². The number of carbonyl (C=O) groups is 1. The maximum Gasteiger partial charge on any atom is 0.270 e. The Morgan fingerprint density at radius 2 is 2.33 bits per heavy atom. The maximum absolute atomic E-state index is 12.2. The smallest absolute Gasteiger partial charge is 0.270 e. The first-order valence-electron chi connectivity index (χ1n) is 5.64. The van der Waals surface area contributed by atoms with Gasteiger partial charge >= 0.3 is 0 Å². The summed E-state index contributed by atoms with van der Waals surface area (Å²) in [5.41, 5.74) is 7.84. The van der Waals surface area contributed by atoms with Crippen molar-refractivity contribution < 1.29 is 4.79 Å². The van der Waals surface area contributed by atoms with Gasteiger partial charge in [-0.05, 0) is 17.7 Å². The summed E-state index contributed by atoms with van der Waals surface area (Å²) in [4.78, 5) is 17.9. The van der Waals surface area contributed by atoms with Gasteiger partial charge in [0.1, 0.15) is 5.69 Å². The van der Waals surface area contributed by atoms with Gasteiger partial charge in [0.2, 0.25) is 0 Å². The number of carbonyl (C=O) groups excluding carboxylic acids is 1. The average Bonchev–Trinajstić information content (AvgIpc) is 2.68. The highest BCUT2D eigenvalue weighted by Gasteiger charge is 2.15. The normalized spacial score (nSPS) is 10.3. The van der Waals surface area contributed by atoms with Crippen LogP contribution in [0.4, 0.5) is 5.69 Å². The molecule has 94 valence electrons. The molecule has 0 fully saturated rings. The summed E-state index contributed by atoms with van der Waals surface area (Å²) in [7, 11) is 3.57. The highest BCUT2D eigenvalue weighted by atomic mass is 16.2. The lowest BCUT2D eigenvalue weighted by Gasteiger charge is -2.17. The fourth-order valence-electron chi connectivity index (χ4n) is 1.84. The second kappa shape index (κ2) is 4.91. The summed E-state index contributed by atoms with van der Waals surface area (Å²) in [6, 6.07) is 5.48. The van der Waals surface area contributed by atoms with Crippen molar-refractivity contribution in [1.29, 1.82) is 0 Å². The van der Waals surface area contributed by atoms with Crippen molar-refractivity contribution in [3.05, 3.63) is 48.0 Å². The van der Waals surface area contributed by atoms with Crippen LogP contribution in [0.3, 0.4) is 0 Å². The minimum Gasteiger partial charge on any atom is -0.397 e. The predicted molar refractivity (Wildman–Crippen MR) is 69.9 cm³/mol. The molecule has 2 N–H and O–H groups in total. The number of amides is 1. The van der Waals surface area contributed by atoms with Crippen molar-refractivity contribution >= 4 is 11.6 Å². The fraction of sp³-hybridized carbons (Fsp3) is 0.231. The zero-order chi connectivity index (χ0) is 13.1. The van der Waals surface area contributed by atoms with E-state index >= 15 is 0 Å². The molecule has 0 spiro atoms. The number of nitrogen functional groups attached to an aromatic ring is 1. The molecule has 0 unspecified atom stereocenters. The number of nitrogens with zero attached hydrogens (tertiary/aromatic N) is 3. The lowest BCUT2D eigenvalue weighted by Crippen LogP contribution is -2.27. The van der Waals surface area contributed by atoms with Gasteiger partial charge in [0, 0.05) is 39.2 Å². The Kier molecular flexibility index (Phi) is 3.32. The van der Waals surface area contributed by atoms with E-state index < -0.39 is 0 Å². The van der Waals surface area contributed by atoms with Crippen LogP contribution < -0.4 is 5.73 Å². The molecule has 0 bridgehead atoms.